The summed E-state index contributed by atoms with van der Waals surface area (Å²) in [6.45, 7) is 23.2. The monoisotopic (exact) mass is 665 g/mol. The van der Waals surface area contributed by atoms with E-state index in [-0.39, 0.29) is 17.5 Å². The van der Waals surface area contributed by atoms with Crippen molar-refractivity contribution in [2.24, 2.45) is 50.2 Å². The average Bonchev–Trinajstić information content (AvgIpc) is 3.02. The molecule has 0 radical (unpaired) electrons. The van der Waals surface area contributed by atoms with E-state index in [0.717, 1.165) is 24.7 Å². The molecule has 4 saturated carbocycles. The predicted octanol–water partition coefficient (Wildman–Crippen LogP) is 14.2. The molecule has 276 valence electrons. The molecule has 0 bridgehead atoms. The van der Waals surface area contributed by atoms with Crippen molar-refractivity contribution in [2.45, 2.75) is 223 Å². The third kappa shape index (κ3) is 6.89. The molecule has 0 heterocycles. The molecule has 8 atom stereocenters. The second kappa shape index (κ2) is 15.1. The molecule has 1 unspecified atom stereocenters. The summed E-state index contributed by atoms with van der Waals surface area (Å²) in [5.41, 5.74) is 3.78. The molecule has 0 aliphatic heterocycles. The van der Waals surface area contributed by atoms with Gasteiger partial charge in [-0.2, -0.15) is 0 Å². The van der Waals surface area contributed by atoms with Crippen LogP contribution < -0.4 is 0 Å². The van der Waals surface area contributed by atoms with Gasteiger partial charge >= 0.3 is 5.97 Å². The third-order valence-electron chi connectivity index (χ3n) is 17.3. The molecule has 2 nitrogen and oxygen atoms in total. The van der Waals surface area contributed by atoms with Gasteiger partial charge in [-0.3, -0.25) is 4.79 Å². The van der Waals surface area contributed by atoms with Crippen molar-refractivity contribution in [3.63, 3.8) is 0 Å². The first kappa shape index (κ1) is 38.4. The Bertz CT molecular complexity index is 1120. The molecule has 5 aliphatic rings. The van der Waals surface area contributed by atoms with Crippen LogP contribution in [0.1, 0.15) is 216 Å². The minimum Gasteiger partial charge on any atom is -0.462 e. The smallest absolute Gasteiger partial charge is 0.306 e. The quantitative estimate of drug-likeness (QED) is 0.0989. The van der Waals surface area contributed by atoms with Crippen LogP contribution in [-0.2, 0) is 9.53 Å². The standard InChI is InChI=1S/C46H80O2/c1-10-11-12-13-14-15-16-17-18-19-20-21-22-25-40(47)48-39-29-31-43(6)37(42(39,4)5)28-32-46(9)38(43)27-26-36-35-24-23-30-41(2,3)44(35,7)33-34-45(36,46)8/h26,35,37-39H,10-25,27-34H2,1-9H3/t35?,37-,38+,39-,43-,44-,45+,46+/m0/s1. The Hall–Kier alpha value is -0.790. The maximum Gasteiger partial charge on any atom is 0.306 e. The fraction of sp³-hybridized carbons (Fsp3) is 0.935. The Labute approximate surface area is 299 Å². The van der Waals surface area contributed by atoms with Gasteiger partial charge in [0.2, 0.25) is 0 Å². The van der Waals surface area contributed by atoms with Gasteiger partial charge in [-0.05, 0) is 109 Å². The number of esters is 1. The molecular weight excluding hydrogens is 585 g/mol. The SMILES string of the molecule is CCCCCCCCCCCCCCCC(=O)O[C@H]1CC[C@]2(C)[C@H]3CC=C4C5CCCC(C)(C)[C@@]5(C)CC[C@@]4(C)[C@]3(C)CC[C@H]2C1(C)C. The maximum absolute atomic E-state index is 13.2. The second-order valence-corrected chi connectivity index (χ2v) is 20.4. The summed E-state index contributed by atoms with van der Waals surface area (Å²) in [6.07, 6.45) is 34.0. The largest absolute Gasteiger partial charge is 0.462 e. The first-order valence-corrected chi connectivity index (χ1v) is 21.6. The van der Waals surface area contributed by atoms with Crippen LogP contribution in [0.4, 0.5) is 0 Å². The Morgan fingerprint density at radius 3 is 1.90 bits per heavy atom. The van der Waals surface area contributed by atoms with Gasteiger partial charge < -0.3 is 4.74 Å². The van der Waals surface area contributed by atoms with Crippen LogP contribution in [0.2, 0.25) is 0 Å². The Kier molecular flexibility index (Phi) is 12.1. The molecule has 0 amide bonds. The Morgan fingerprint density at radius 2 is 1.27 bits per heavy atom. The van der Waals surface area contributed by atoms with Crippen LogP contribution in [-0.4, -0.2) is 12.1 Å². The Morgan fingerprint density at radius 1 is 0.667 bits per heavy atom. The van der Waals surface area contributed by atoms with Crippen LogP contribution in [0, 0.1) is 50.2 Å². The van der Waals surface area contributed by atoms with E-state index >= 15 is 0 Å². The van der Waals surface area contributed by atoms with Crippen LogP contribution in [0.5, 0.6) is 0 Å². The van der Waals surface area contributed by atoms with E-state index in [1.165, 1.54) is 135 Å². The lowest BCUT2D eigenvalue weighted by molar-refractivity contribution is -0.214. The van der Waals surface area contributed by atoms with Crippen molar-refractivity contribution in [1.29, 1.82) is 0 Å². The predicted molar refractivity (Wildman–Crippen MR) is 205 cm³/mol. The van der Waals surface area contributed by atoms with Crippen LogP contribution in [0.25, 0.3) is 0 Å². The normalized spacial score (nSPS) is 39.7. The highest BCUT2D eigenvalue weighted by molar-refractivity contribution is 5.69. The van der Waals surface area contributed by atoms with E-state index in [1.54, 1.807) is 0 Å². The Balaban J connectivity index is 1.12. The summed E-state index contributed by atoms with van der Waals surface area (Å²) in [4.78, 5) is 13.2. The van der Waals surface area contributed by atoms with Gasteiger partial charge in [-0.25, -0.2) is 0 Å². The first-order valence-electron chi connectivity index (χ1n) is 21.6. The molecular formula is C46H80O2. The molecule has 0 aromatic rings. The summed E-state index contributed by atoms with van der Waals surface area (Å²) in [7, 11) is 0. The molecule has 5 rings (SSSR count). The van der Waals surface area contributed by atoms with E-state index in [1.807, 2.05) is 5.57 Å². The van der Waals surface area contributed by atoms with Crippen LogP contribution >= 0.6 is 0 Å². The molecule has 0 aromatic carbocycles. The van der Waals surface area contributed by atoms with Crippen molar-refractivity contribution in [2.75, 3.05) is 0 Å². The first-order chi connectivity index (χ1) is 22.7. The maximum atomic E-state index is 13.2. The summed E-state index contributed by atoms with van der Waals surface area (Å²) in [5.74, 6) is 2.18. The van der Waals surface area contributed by atoms with Gasteiger partial charge in [0.15, 0.2) is 0 Å². The fourth-order valence-electron chi connectivity index (χ4n) is 13.5. The van der Waals surface area contributed by atoms with Crippen molar-refractivity contribution < 1.29 is 9.53 Å². The fourth-order valence-corrected chi connectivity index (χ4v) is 13.5. The van der Waals surface area contributed by atoms with Crippen molar-refractivity contribution in [3.05, 3.63) is 11.6 Å². The van der Waals surface area contributed by atoms with Gasteiger partial charge in [0.1, 0.15) is 6.10 Å². The van der Waals surface area contributed by atoms with E-state index in [4.69, 9.17) is 4.74 Å². The van der Waals surface area contributed by atoms with Gasteiger partial charge in [0.05, 0.1) is 0 Å². The molecule has 0 spiro atoms. The minimum atomic E-state index is 0.0312. The average molecular weight is 665 g/mol. The summed E-state index contributed by atoms with van der Waals surface area (Å²) in [6, 6.07) is 0. The number of hydrogen-bond donors (Lipinski definition) is 0. The highest BCUT2D eigenvalue weighted by Gasteiger charge is 2.68. The van der Waals surface area contributed by atoms with Crippen molar-refractivity contribution >= 4 is 5.97 Å². The summed E-state index contributed by atoms with van der Waals surface area (Å²) in [5, 5.41) is 0. The van der Waals surface area contributed by atoms with Gasteiger partial charge in [-0.15, -0.1) is 0 Å². The lowest BCUT2D eigenvalue weighted by Crippen LogP contribution is -2.65. The number of hydrogen-bond acceptors (Lipinski definition) is 2. The number of rotatable bonds is 15. The summed E-state index contributed by atoms with van der Waals surface area (Å²) < 4.78 is 6.41. The zero-order valence-electron chi connectivity index (χ0n) is 33.7. The van der Waals surface area contributed by atoms with E-state index < -0.39 is 0 Å². The number of carbonyl (C=O) groups is 1. The summed E-state index contributed by atoms with van der Waals surface area (Å²) >= 11 is 0. The van der Waals surface area contributed by atoms with Crippen molar-refractivity contribution in [3.8, 4) is 0 Å². The van der Waals surface area contributed by atoms with Gasteiger partial charge in [-0.1, -0.05) is 157 Å². The minimum absolute atomic E-state index is 0.0312. The third-order valence-corrected chi connectivity index (χ3v) is 17.3. The number of unbranched alkanes of at least 4 members (excludes halogenated alkanes) is 12. The molecule has 0 aromatic heterocycles. The number of ether oxygens (including phenoxy) is 1. The molecule has 4 fully saturated rings. The van der Waals surface area contributed by atoms with E-state index in [0.29, 0.717) is 39.4 Å². The van der Waals surface area contributed by atoms with Crippen molar-refractivity contribution in [1.82, 2.24) is 0 Å². The van der Waals surface area contributed by atoms with Crippen LogP contribution in [0.15, 0.2) is 11.6 Å². The zero-order valence-corrected chi connectivity index (χ0v) is 33.7. The lowest BCUT2D eigenvalue weighted by Gasteiger charge is -2.72. The molecule has 0 saturated heterocycles. The lowest BCUT2D eigenvalue weighted by atomic mass is 9.33. The number of allylic oxidation sites excluding steroid dienone is 2. The number of fused-ring (bicyclic) bond motifs is 7. The van der Waals surface area contributed by atoms with E-state index in [2.05, 4.69) is 68.4 Å². The van der Waals surface area contributed by atoms with Gasteiger partial charge in [0.25, 0.3) is 0 Å². The molecule has 2 heteroatoms. The highest BCUT2D eigenvalue weighted by atomic mass is 16.5. The molecule has 48 heavy (non-hydrogen) atoms. The van der Waals surface area contributed by atoms with E-state index in [9.17, 15) is 4.79 Å². The number of carbonyl (C=O) groups excluding carboxylic acids is 1. The van der Waals surface area contributed by atoms with Gasteiger partial charge in [0, 0.05) is 11.8 Å². The zero-order chi connectivity index (χ0) is 34.8. The molecule has 5 aliphatic carbocycles. The molecule has 0 N–H and O–H groups in total. The highest BCUT2D eigenvalue weighted by Crippen LogP contribution is 2.76. The topological polar surface area (TPSA) is 26.3 Å². The van der Waals surface area contributed by atoms with Crippen LogP contribution in [0.3, 0.4) is 0 Å². The second-order valence-electron chi connectivity index (χ2n) is 20.4.